The van der Waals surface area contributed by atoms with Crippen LogP contribution in [0.4, 0.5) is 0 Å². The van der Waals surface area contributed by atoms with Crippen LogP contribution in [0.25, 0.3) is 0 Å². The summed E-state index contributed by atoms with van der Waals surface area (Å²) >= 11 is 0. The molecule has 0 aliphatic rings. The second-order valence-corrected chi connectivity index (χ2v) is 2.32. The molecule has 0 unspecified atom stereocenters. The zero-order chi connectivity index (χ0) is 9.52. The minimum Gasteiger partial charge on any atom is -0.411 e. The van der Waals surface area contributed by atoms with Gasteiger partial charge in [-0.05, 0) is 11.6 Å². The molecule has 1 amide bonds. The van der Waals surface area contributed by atoms with Crippen molar-refractivity contribution in [2.24, 2.45) is 5.16 Å². The number of oxime groups is 1. The third kappa shape index (κ3) is 3.33. The van der Waals surface area contributed by atoms with Crippen molar-refractivity contribution >= 4 is 12.1 Å². The van der Waals surface area contributed by atoms with Crippen LogP contribution in [0.1, 0.15) is 5.56 Å². The van der Waals surface area contributed by atoms with E-state index < -0.39 is 5.91 Å². The first-order chi connectivity index (χ1) is 6.33. The predicted molar refractivity (Wildman–Crippen MR) is 46.4 cm³/mol. The second-order valence-electron chi connectivity index (χ2n) is 2.32. The Kier molecular flexibility index (Phi) is 3.44. The van der Waals surface area contributed by atoms with Gasteiger partial charge in [-0.2, -0.15) is 0 Å². The summed E-state index contributed by atoms with van der Waals surface area (Å²) in [6.07, 6.45) is 4.10. The summed E-state index contributed by atoms with van der Waals surface area (Å²) < 4.78 is 0. The monoisotopic (exact) mass is 179 g/mol. The zero-order valence-corrected chi connectivity index (χ0v) is 6.84. The van der Waals surface area contributed by atoms with Crippen molar-refractivity contribution in [1.82, 2.24) is 10.3 Å². The molecule has 0 aliphatic heterocycles. The molecule has 68 valence electrons. The van der Waals surface area contributed by atoms with Crippen LogP contribution < -0.4 is 5.32 Å². The maximum absolute atomic E-state index is 10.8. The van der Waals surface area contributed by atoms with E-state index in [0.717, 1.165) is 11.8 Å². The first-order valence-electron chi connectivity index (χ1n) is 3.67. The van der Waals surface area contributed by atoms with E-state index in [4.69, 9.17) is 5.21 Å². The SMILES string of the molecule is O=C(C=NO)NCc1cccnc1. The Morgan fingerprint density at radius 1 is 1.77 bits per heavy atom. The molecule has 1 rings (SSSR count). The van der Waals surface area contributed by atoms with E-state index in [-0.39, 0.29) is 0 Å². The highest BCUT2D eigenvalue weighted by atomic mass is 16.4. The molecule has 0 saturated heterocycles. The molecule has 1 aromatic heterocycles. The fourth-order valence-corrected chi connectivity index (χ4v) is 0.790. The van der Waals surface area contributed by atoms with Crippen LogP contribution in [0, 0.1) is 0 Å². The number of carbonyl (C=O) groups excluding carboxylic acids is 1. The van der Waals surface area contributed by atoms with Crippen LogP contribution in [0.2, 0.25) is 0 Å². The maximum Gasteiger partial charge on any atom is 0.266 e. The molecule has 2 N–H and O–H groups in total. The number of hydrogen-bond acceptors (Lipinski definition) is 4. The van der Waals surface area contributed by atoms with Gasteiger partial charge in [-0.25, -0.2) is 0 Å². The second kappa shape index (κ2) is 4.87. The maximum atomic E-state index is 10.8. The highest BCUT2D eigenvalue weighted by Gasteiger charge is 1.96. The molecule has 1 aromatic rings. The summed E-state index contributed by atoms with van der Waals surface area (Å²) in [6.45, 7) is 0.374. The molecule has 5 nitrogen and oxygen atoms in total. The summed E-state index contributed by atoms with van der Waals surface area (Å²) in [5, 5.41) is 13.1. The van der Waals surface area contributed by atoms with Crippen LogP contribution in [0.3, 0.4) is 0 Å². The van der Waals surface area contributed by atoms with Crippen molar-refractivity contribution in [3.63, 3.8) is 0 Å². The van der Waals surface area contributed by atoms with E-state index in [1.807, 2.05) is 6.07 Å². The van der Waals surface area contributed by atoms with Crippen molar-refractivity contribution in [1.29, 1.82) is 0 Å². The molecule has 0 bridgehead atoms. The van der Waals surface area contributed by atoms with Crippen LogP contribution in [0.15, 0.2) is 29.7 Å². The van der Waals surface area contributed by atoms with Gasteiger partial charge in [0.1, 0.15) is 6.21 Å². The first kappa shape index (κ1) is 9.18. The average molecular weight is 179 g/mol. The van der Waals surface area contributed by atoms with Gasteiger partial charge in [0, 0.05) is 18.9 Å². The minimum absolute atomic E-state index is 0.374. The molecule has 0 radical (unpaired) electrons. The Labute approximate surface area is 75.1 Å². The summed E-state index contributed by atoms with van der Waals surface area (Å²) in [6, 6.07) is 3.62. The lowest BCUT2D eigenvalue weighted by atomic mass is 10.3. The fourth-order valence-electron chi connectivity index (χ4n) is 0.790. The van der Waals surface area contributed by atoms with E-state index in [1.54, 1.807) is 18.5 Å². The van der Waals surface area contributed by atoms with Crippen molar-refractivity contribution in [3.8, 4) is 0 Å². The van der Waals surface area contributed by atoms with Crippen molar-refractivity contribution in [2.75, 3.05) is 0 Å². The number of nitrogens with one attached hydrogen (secondary N) is 1. The van der Waals surface area contributed by atoms with Gasteiger partial charge in [0.15, 0.2) is 0 Å². The highest BCUT2D eigenvalue weighted by molar-refractivity contribution is 6.25. The van der Waals surface area contributed by atoms with Gasteiger partial charge in [0.05, 0.1) is 0 Å². The van der Waals surface area contributed by atoms with Crippen molar-refractivity contribution in [2.45, 2.75) is 6.54 Å². The molecule has 0 spiro atoms. The smallest absolute Gasteiger partial charge is 0.266 e. The molecule has 0 aromatic carbocycles. The van der Waals surface area contributed by atoms with Crippen molar-refractivity contribution in [3.05, 3.63) is 30.1 Å². The lowest BCUT2D eigenvalue weighted by molar-refractivity contribution is -0.114. The van der Waals surface area contributed by atoms with Crippen LogP contribution in [-0.4, -0.2) is 22.3 Å². The third-order valence-corrected chi connectivity index (χ3v) is 1.36. The summed E-state index contributed by atoms with van der Waals surface area (Å²) in [5.41, 5.74) is 0.891. The van der Waals surface area contributed by atoms with Gasteiger partial charge in [-0.3, -0.25) is 9.78 Å². The van der Waals surface area contributed by atoms with E-state index in [1.165, 1.54) is 0 Å². The molecule has 0 fully saturated rings. The van der Waals surface area contributed by atoms with Crippen LogP contribution in [0.5, 0.6) is 0 Å². The van der Waals surface area contributed by atoms with E-state index in [0.29, 0.717) is 6.54 Å². The summed E-state index contributed by atoms with van der Waals surface area (Å²) in [4.78, 5) is 14.6. The molecular weight excluding hydrogens is 170 g/mol. The van der Waals surface area contributed by atoms with Gasteiger partial charge in [-0.1, -0.05) is 11.2 Å². The normalized spacial score (nSPS) is 10.2. The summed E-state index contributed by atoms with van der Waals surface area (Å²) in [7, 11) is 0. The third-order valence-electron chi connectivity index (χ3n) is 1.36. The minimum atomic E-state index is -0.439. The van der Waals surface area contributed by atoms with E-state index in [2.05, 4.69) is 15.5 Å². The quantitative estimate of drug-likeness (QED) is 0.394. The fraction of sp³-hybridized carbons (Fsp3) is 0.125. The van der Waals surface area contributed by atoms with Gasteiger partial charge in [0.25, 0.3) is 5.91 Å². The average Bonchev–Trinajstić information content (AvgIpc) is 2.17. The van der Waals surface area contributed by atoms with E-state index in [9.17, 15) is 4.79 Å². The number of nitrogens with zero attached hydrogens (tertiary/aromatic N) is 2. The van der Waals surface area contributed by atoms with Crippen LogP contribution in [-0.2, 0) is 11.3 Å². The number of aromatic nitrogens is 1. The molecule has 0 aliphatic carbocycles. The van der Waals surface area contributed by atoms with Crippen LogP contribution >= 0.6 is 0 Å². The Bertz CT molecular complexity index is 298. The van der Waals surface area contributed by atoms with Gasteiger partial charge < -0.3 is 10.5 Å². The number of amides is 1. The standard InChI is InChI=1S/C8H9N3O2/c12-8(6-11-13)10-5-7-2-1-3-9-4-7/h1-4,6,13H,5H2,(H,10,12). The number of rotatable bonds is 3. The lowest BCUT2D eigenvalue weighted by Gasteiger charge is -1.99. The zero-order valence-electron chi connectivity index (χ0n) is 6.84. The number of carbonyl (C=O) groups is 1. The first-order valence-corrected chi connectivity index (χ1v) is 3.67. The Morgan fingerprint density at radius 2 is 2.62 bits per heavy atom. The number of hydrogen-bond donors (Lipinski definition) is 2. The predicted octanol–water partition coefficient (Wildman–Crippen LogP) is 0.158. The molecular formula is C8H9N3O2. The Hall–Kier alpha value is -1.91. The van der Waals surface area contributed by atoms with E-state index >= 15 is 0 Å². The molecule has 1 heterocycles. The topological polar surface area (TPSA) is 74.6 Å². The van der Waals surface area contributed by atoms with Gasteiger partial charge in [0.2, 0.25) is 0 Å². The molecule has 0 saturated carbocycles. The summed E-state index contributed by atoms with van der Waals surface area (Å²) in [5.74, 6) is -0.439. The van der Waals surface area contributed by atoms with Gasteiger partial charge in [-0.15, -0.1) is 0 Å². The Balaban J connectivity index is 2.40. The van der Waals surface area contributed by atoms with Crippen molar-refractivity contribution < 1.29 is 10.0 Å². The Morgan fingerprint density at radius 3 is 3.23 bits per heavy atom. The number of pyridine rings is 1. The lowest BCUT2D eigenvalue weighted by Crippen LogP contribution is -2.23. The largest absolute Gasteiger partial charge is 0.411 e. The molecule has 0 atom stereocenters. The molecule has 13 heavy (non-hydrogen) atoms. The highest BCUT2D eigenvalue weighted by Crippen LogP contribution is 1.93. The van der Waals surface area contributed by atoms with Gasteiger partial charge >= 0.3 is 0 Å². The molecule has 5 heteroatoms.